The molecule has 0 aromatic heterocycles. The number of halogens is 1. The quantitative estimate of drug-likeness (QED) is 0.714. The number of aliphatic hydroxyl groups is 2. The van der Waals surface area contributed by atoms with E-state index in [9.17, 15) is 14.3 Å². The van der Waals surface area contributed by atoms with Crippen molar-refractivity contribution in [1.82, 2.24) is 0 Å². The zero-order valence-corrected chi connectivity index (χ0v) is 9.92. The van der Waals surface area contributed by atoms with E-state index in [-0.39, 0.29) is 17.4 Å². The Morgan fingerprint density at radius 3 is 2.94 bits per heavy atom. The van der Waals surface area contributed by atoms with E-state index in [4.69, 9.17) is 5.11 Å². The number of hydrogen-bond donors (Lipinski definition) is 3. The number of thioether (sulfide) groups is 1. The molecule has 0 aliphatic carbocycles. The molecule has 1 amide bonds. The zero-order valence-electron chi connectivity index (χ0n) is 9.11. The monoisotopic (exact) mass is 257 g/mol. The highest BCUT2D eigenvalue weighted by molar-refractivity contribution is 8.00. The van der Waals surface area contributed by atoms with Crippen molar-refractivity contribution >= 4 is 23.4 Å². The third-order valence-electron chi connectivity index (χ3n) is 2.49. The molecule has 2 rings (SSSR count). The third kappa shape index (κ3) is 2.29. The standard InChI is InChI=1S/C11H12FNO3S/c1-5(4-14)17-9-3-8-6(2-7(9)12)10(15)11(16)13-8/h2-3,5,10,14-15H,4H2,1H3,(H,13,16). The second-order valence-corrected chi connectivity index (χ2v) is 5.35. The molecule has 3 N–H and O–H groups in total. The van der Waals surface area contributed by atoms with E-state index < -0.39 is 17.8 Å². The van der Waals surface area contributed by atoms with Crippen LogP contribution >= 0.6 is 11.8 Å². The fourth-order valence-electron chi connectivity index (χ4n) is 1.59. The summed E-state index contributed by atoms with van der Waals surface area (Å²) >= 11 is 1.18. The first-order valence-electron chi connectivity index (χ1n) is 5.13. The van der Waals surface area contributed by atoms with Crippen LogP contribution in [0.5, 0.6) is 0 Å². The Hall–Kier alpha value is -1.11. The number of hydrogen-bond acceptors (Lipinski definition) is 4. The van der Waals surface area contributed by atoms with Gasteiger partial charge in [0, 0.05) is 21.4 Å². The first-order chi connectivity index (χ1) is 8.02. The molecular weight excluding hydrogens is 245 g/mol. The lowest BCUT2D eigenvalue weighted by Crippen LogP contribution is -2.10. The van der Waals surface area contributed by atoms with Gasteiger partial charge in [0.1, 0.15) is 5.82 Å². The van der Waals surface area contributed by atoms with Gasteiger partial charge in [-0.25, -0.2) is 4.39 Å². The molecule has 1 aliphatic rings. The molecule has 2 atom stereocenters. The van der Waals surface area contributed by atoms with E-state index in [2.05, 4.69) is 5.32 Å². The fraction of sp³-hybridized carbons (Fsp3) is 0.364. The van der Waals surface area contributed by atoms with Crippen LogP contribution in [-0.2, 0) is 4.79 Å². The Balaban J connectivity index is 2.33. The molecule has 0 radical (unpaired) electrons. The summed E-state index contributed by atoms with van der Waals surface area (Å²) in [5, 5.41) is 20.7. The van der Waals surface area contributed by atoms with Gasteiger partial charge < -0.3 is 15.5 Å². The molecule has 4 nitrogen and oxygen atoms in total. The Kier molecular flexibility index (Phi) is 3.37. The van der Waals surface area contributed by atoms with Crippen LogP contribution in [0.4, 0.5) is 10.1 Å². The normalized spacial score (nSPS) is 20.0. The highest BCUT2D eigenvalue weighted by atomic mass is 32.2. The van der Waals surface area contributed by atoms with Gasteiger partial charge in [-0.1, -0.05) is 6.92 Å². The maximum atomic E-state index is 13.7. The Bertz CT molecular complexity index is 466. The minimum atomic E-state index is -1.30. The van der Waals surface area contributed by atoms with E-state index >= 15 is 0 Å². The molecule has 1 aliphatic heterocycles. The molecule has 92 valence electrons. The number of rotatable bonds is 3. The van der Waals surface area contributed by atoms with E-state index in [0.717, 1.165) is 6.07 Å². The van der Waals surface area contributed by atoms with Gasteiger partial charge in [0.05, 0.1) is 6.61 Å². The average molecular weight is 257 g/mol. The molecule has 17 heavy (non-hydrogen) atoms. The highest BCUT2D eigenvalue weighted by Crippen LogP contribution is 2.37. The van der Waals surface area contributed by atoms with E-state index in [0.29, 0.717) is 10.6 Å². The molecule has 0 bridgehead atoms. The van der Waals surface area contributed by atoms with Crippen molar-refractivity contribution in [2.45, 2.75) is 23.2 Å². The fourth-order valence-corrected chi connectivity index (χ4v) is 2.46. The second-order valence-electron chi connectivity index (χ2n) is 3.87. The van der Waals surface area contributed by atoms with E-state index in [1.165, 1.54) is 17.8 Å². The first kappa shape index (κ1) is 12.3. The Morgan fingerprint density at radius 2 is 2.29 bits per heavy atom. The lowest BCUT2D eigenvalue weighted by Gasteiger charge is -2.10. The predicted molar refractivity (Wildman–Crippen MR) is 62.4 cm³/mol. The summed E-state index contributed by atoms with van der Waals surface area (Å²) in [5.74, 6) is -1.04. The summed E-state index contributed by atoms with van der Waals surface area (Å²) in [5.41, 5.74) is 0.685. The van der Waals surface area contributed by atoms with Gasteiger partial charge in [-0.05, 0) is 12.1 Å². The van der Waals surface area contributed by atoms with Crippen molar-refractivity contribution in [2.24, 2.45) is 0 Å². The van der Waals surface area contributed by atoms with Crippen LogP contribution in [0, 0.1) is 5.82 Å². The predicted octanol–water partition coefficient (Wildman–Crippen LogP) is 1.28. The van der Waals surface area contributed by atoms with Crippen LogP contribution in [0.2, 0.25) is 0 Å². The number of amides is 1. The van der Waals surface area contributed by atoms with Crippen molar-refractivity contribution in [3.05, 3.63) is 23.5 Å². The van der Waals surface area contributed by atoms with Crippen LogP contribution in [0.15, 0.2) is 17.0 Å². The Labute approximate surface area is 102 Å². The van der Waals surface area contributed by atoms with Crippen LogP contribution in [0.1, 0.15) is 18.6 Å². The molecule has 0 spiro atoms. The van der Waals surface area contributed by atoms with Crippen LogP contribution in [0.25, 0.3) is 0 Å². The molecule has 0 fully saturated rings. The van der Waals surface area contributed by atoms with Crippen molar-refractivity contribution in [2.75, 3.05) is 11.9 Å². The molecule has 0 saturated carbocycles. The summed E-state index contributed by atoms with van der Waals surface area (Å²) in [6.07, 6.45) is -1.30. The van der Waals surface area contributed by atoms with Crippen LogP contribution in [0.3, 0.4) is 0 Å². The summed E-state index contributed by atoms with van der Waals surface area (Å²) in [6, 6.07) is 2.64. The number of fused-ring (bicyclic) bond motifs is 1. The third-order valence-corrected chi connectivity index (χ3v) is 3.61. The van der Waals surface area contributed by atoms with E-state index in [1.54, 1.807) is 6.92 Å². The summed E-state index contributed by atoms with van der Waals surface area (Å²) in [6.45, 7) is 1.71. The van der Waals surface area contributed by atoms with Crippen molar-refractivity contribution in [1.29, 1.82) is 0 Å². The SMILES string of the molecule is CC(CO)Sc1cc2c(cc1F)C(O)C(=O)N2. The maximum Gasteiger partial charge on any atom is 0.257 e. The maximum absolute atomic E-state index is 13.7. The number of benzene rings is 1. The summed E-state index contributed by atoms with van der Waals surface area (Å²) < 4.78 is 13.7. The average Bonchev–Trinajstić information content (AvgIpc) is 2.56. The van der Waals surface area contributed by atoms with Crippen molar-refractivity contribution in [3.63, 3.8) is 0 Å². The van der Waals surface area contributed by atoms with Gasteiger partial charge in [0.2, 0.25) is 0 Å². The van der Waals surface area contributed by atoms with Gasteiger partial charge in [-0.15, -0.1) is 11.8 Å². The number of nitrogens with one attached hydrogen (secondary N) is 1. The van der Waals surface area contributed by atoms with Crippen molar-refractivity contribution in [3.8, 4) is 0 Å². The van der Waals surface area contributed by atoms with Gasteiger partial charge in [-0.2, -0.15) is 0 Å². The summed E-state index contributed by atoms with van der Waals surface area (Å²) in [7, 11) is 0. The topological polar surface area (TPSA) is 69.6 Å². The minimum absolute atomic E-state index is 0.0593. The minimum Gasteiger partial charge on any atom is -0.395 e. The lowest BCUT2D eigenvalue weighted by atomic mass is 10.1. The van der Waals surface area contributed by atoms with Crippen LogP contribution < -0.4 is 5.32 Å². The first-order valence-corrected chi connectivity index (χ1v) is 6.00. The van der Waals surface area contributed by atoms with Gasteiger partial charge >= 0.3 is 0 Å². The smallest absolute Gasteiger partial charge is 0.257 e. The van der Waals surface area contributed by atoms with Gasteiger partial charge in [0.25, 0.3) is 5.91 Å². The van der Waals surface area contributed by atoms with Crippen LogP contribution in [-0.4, -0.2) is 28.0 Å². The number of aliphatic hydroxyl groups excluding tert-OH is 2. The molecule has 1 heterocycles. The number of carbonyl (C=O) groups excluding carboxylic acids is 1. The molecule has 6 heteroatoms. The van der Waals surface area contributed by atoms with Crippen molar-refractivity contribution < 1.29 is 19.4 Å². The molecule has 2 unspecified atom stereocenters. The van der Waals surface area contributed by atoms with Gasteiger partial charge in [0.15, 0.2) is 6.10 Å². The molecular formula is C11H12FNO3S. The lowest BCUT2D eigenvalue weighted by molar-refractivity contribution is -0.123. The molecule has 1 aromatic rings. The number of carbonyl (C=O) groups is 1. The van der Waals surface area contributed by atoms with Gasteiger partial charge in [-0.3, -0.25) is 4.79 Å². The zero-order chi connectivity index (χ0) is 12.6. The summed E-state index contributed by atoms with van der Waals surface area (Å²) in [4.78, 5) is 11.5. The van der Waals surface area contributed by atoms with E-state index in [1.807, 2.05) is 0 Å². The molecule has 0 saturated heterocycles. The largest absolute Gasteiger partial charge is 0.395 e. The number of anilines is 1. The molecule has 1 aromatic carbocycles. The Morgan fingerprint density at radius 1 is 1.59 bits per heavy atom. The second kappa shape index (κ2) is 4.64. The highest BCUT2D eigenvalue weighted by Gasteiger charge is 2.30.